The zero-order chi connectivity index (χ0) is 14.5. The van der Waals surface area contributed by atoms with Crippen LogP contribution in [0.3, 0.4) is 0 Å². The van der Waals surface area contributed by atoms with Gasteiger partial charge in [0.15, 0.2) is 0 Å². The summed E-state index contributed by atoms with van der Waals surface area (Å²) >= 11 is 0. The first-order valence-electron chi connectivity index (χ1n) is 7.06. The molecule has 1 unspecified atom stereocenters. The highest BCUT2D eigenvalue weighted by atomic mass is 16.3. The molecule has 2 heterocycles. The normalized spacial score (nSPS) is 18.9. The molecule has 1 aliphatic heterocycles. The molecule has 20 heavy (non-hydrogen) atoms. The van der Waals surface area contributed by atoms with Crippen LogP contribution < -0.4 is 10.2 Å². The lowest BCUT2D eigenvalue weighted by atomic mass is 9.97. The van der Waals surface area contributed by atoms with Gasteiger partial charge in [-0.15, -0.1) is 0 Å². The Morgan fingerprint density at radius 3 is 2.80 bits per heavy atom. The van der Waals surface area contributed by atoms with Crippen molar-refractivity contribution in [2.24, 2.45) is 5.92 Å². The van der Waals surface area contributed by atoms with Crippen LogP contribution in [0.4, 0.5) is 5.95 Å². The smallest absolute Gasteiger partial charge is 0.225 e. The van der Waals surface area contributed by atoms with Gasteiger partial charge in [-0.25, -0.2) is 9.97 Å². The molecule has 110 valence electrons. The number of amides is 1. The Morgan fingerprint density at radius 1 is 1.45 bits per heavy atom. The highest BCUT2D eigenvalue weighted by molar-refractivity contribution is 5.79. The summed E-state index contributed by atoms with van der Waals surface area (Å²) in [5.74, 6) is 0.662. The summed E-state index contributed by atoms with van der Waals surface area (Å²) in [6, 6.07) is 1.94. The van der Waals surface area contributed by atoms with Crippen molar-refractivity contribution in [2.45, 2.75) is 26.7 Å². The molecule has 1 fully saturated rings. The quantitative estimate of drug-likeness (QED) is 0.834. The minimum absolute atomic E-state index is 0.00752. The van der Waals surface area contributed by atoms with Crippen molar-refractivity contribution in [3.05, 3.63) is 17.5 Å². The Hall–Kier alpha value is -1.69. The number of aliphatic hydroxyl groups is 1. The van der Waals surface area contributed by atoms with Crippen LogP contribution in [0.25, 0.3) is 0 Å². The lowest BCUT2D eigenvalue weighted by Crippen LogP contribution is -2.44. The van der Waals surface area contributed by atoms with Crippen molar-refractivity contribution < 1.29 is 9.90 Å². The molecule has 1 atom stereocenters. The van der Waals surface area contributed by atoms with E-state index in [-0.39, 0.29) is 18.4 Å². The molecule has 0 radical (unpaired) electrons. The predicted molar refractivity (Wildman–Crippen MR) is 76.5 cm³/mol. The first-order valence-corrected chi connectivity index (χ1v) is 7.06. The number of rotatable bonds is 4. The van der Waals surface area contributed by atoms with E-state index in [2.05, 4.69) is 20.2 Å². The predicted octanol–water partition coefficient (Wildman–Crippen LogP) is 0.418. The number of hydrogen-bond donors (Lipinski definition) is 2. The largest absolute Gasteiger partial charge is 0.395 e. The van der Waals surface area contributed by atoms with E-state index in [4.69, 9.17) is 5.11 Å². The third kappa shape index (κ3) is 3.66. The van der Waals surface area contributed by atoms with Gasteiger partial charge in [0.25, 0.3) is 0 Å². The third-order valence-corrected chi connectivity index (χ3v) is 3.46. The zero-order valence-electron chi connectivity index (χ0n) is 12.1. The van der Waals surface area contributed by atoms with Crippen LogP contribution >= 0.6 is 0 Å². The Labute approximate surface area is 119 Å². The van der Waals surface area contributed by atoms with E-state index in [9.17, 15) is 4.79 Å². The number of nitrogens with one attached hydrogen (secondary N) is 1. The van der Waals surface area contributed by atoms with Gasteiger partial charge in [-0.3, -0.25) is 4.79 Å². The van der Waals surface area contributed by atoms with Crippen LogP contribution in [-0.2, 0) is 4.79 Å². The minimum atomic E-state index is -0.0558. The van der Waals surface area contributed by atoms with E-state index in [1.807, 2.05) is 19.9 Å². The van der Waals surface area contributed by atoms with Crippen molar-refractivity contribution in [1.82, 2.24) is 15.3 Å². The average molecular weight is 278 g/mol. The Balaban J connectivity index is 2.04. The van der Waals surface area contributed by atoms with Gasteiger partial charge < -0.3 is 15.3 Å². The second-order valence-corrected chi connectivity index (χ2v) is 5.25. The summed E-state index contributed by atoms with van der Waals surface area (Å²) in [6.45, 7) is 5.71. The Bertz CT molecular complexity index is 458. The monoisotopic (exact) mass is 278 g/mol. The molecule has 1 aromatic heterocycles. The highest BCUT2D eigenvalue weighted by Gasteiger charge is 2.27. The summed E-state index contributed by atoms with van der Waals surface area (Å²) in [5.41, 5.74) is 1.89. The van der Waals surface area contributed by atoms with Gasteiger partial charge in [0.2, 0.25) is 11.9 Å². The number of carbonyl (C=O) groups excluding carboxylic acids is 1. The molecule has 0 saturated carbocycles. The topological polar surface area (TPSA) is 78.4 Å². The fourth-order valence-corrected chi connectivity index (χ4v) is 2.54. The van der Waals surface area contributed by atoms with Gasteiger partial charge >= 0.3 is 0 Å². The van der Waals surface area contributed by atoms with E-state index in [0.29, 0.717) is 19.0 Å². The van der Waals surface area contributed by atoms with Gasteiger partial charge in [-0.1, -0.05) is 0 Å². The number of nitrogens with zero attached hydrogens (tertiary/aromatic N) is 3. The number of aryl methyl sites for hydroxylation is 2. The van der Waals surface area contributed by atoms with Gasteiger partial charge in [0.05, 0.1) is 12.5 Å². The molecule has 0 spiro atoms. The first-order chi connectivity index (χ1) is 9.60. The van der Waals surface area contributed by atoms with Crippen molar-refractivity contribution in [1.29, 1.82) is 0 Å². The molecule has 1 saturated heterocycles. The second kappa shape index (κ2) is 6.65. The van der Waals surface area contributed by atoms with Crippen molar-refractivity contribution in [3.63, 3.8) is 0 Å². The number of piperidine rings is 1. The molecule has 0 aliphatic carbocycles. The van der Waals surface area contributed by atoms with Gasteiger partial charge in [-0.2, -0.15) is 0 Å². The molecule has 1 amide bonds. The van der Waals surface area contributed by atoms with Crippen LogP contribution in [0.2, 0.25) is 0 Å². The van der Waals surface area contributed by atoms with Crippen LogP contribution in [0.1, 0.15) is 24.2 Å². The fraction of sp³-hybridized carbons (Fsp3) is 0.643. The Morgan fingerprint density at radius 2 is 2.15 bits per heavy atom. The molecular weight excluding hydrogens is 256 g/mol. The summed E-state index contributed by atoms with van der Waals surface area (Å²) in [7, 11) is 0. The summed E-state index contributed by atoms with van der Waals surface area (Å²) < 4.78 is 0. The van der Waals surface area contributed by atoms with E-state index >= 15 is 0 Å². The zero-order valence-corrected chi connectivity index (χ0v) is 12.1. The lowest BCUT2D eigenvalue weighted by molar-refractivity contribution is -0.125. The van der Waals surface area contributed by atoms with E-state index in [1.54, 1.807) is 0 Å². The average Bonchev–Trinajstić information content (AvgIpc) is 2.44. The van der Waals surface area contributed by atoms with E-state index < -0.39 is 0 Å². The maximum Gasteiger partial charge on any atom is 0.225 e. The van der Waals surface area contributed by atoms with Crippen molar-refractivity contribution in [2.75, 3.05) is 31.1 Å². The van der Waals surface area contributed by atoms with Crippen molar-refractivity contribution in [3.8, 4) is 0 Å². The number of hydrogen-bond acceptors (Lipinski definition) is 5. The molecule has 1 aromatic rings. The number of anilines is 1. The van der Waals surface area contributed by atoms with Gasteiger partial charge in [0, 0.05) is 31.0 Å². The molecule has 1 aliphatic rings. The highest BCUT2D eigenvalue weighted by Crippen LogP contribution is 2.21. The number of carbonyl (C=O) groups is 1. The Kier molecular flexibility index (Phi) is 4.89. The molecular formula is C14H22N4O2. The summed E-state index contributed by atoms with van der Waals surface area (Å²) in [6.07, 6.45) is 1.83. The maximum absolute atomic E-state index is 12.0. The molecule has 2 N–H and O–H groups in total. The van der Waals surface area contributed by atoms with Crippen LogP contribution in [0.15, 0.2) is 6.07 Å². The summed E-state index contributed by atoms with van der Waals surface area (Å²) in [5, 5.41) is 11.5. The van der Waals surface area contributed by atoms with Crippen LogP contribution in [-0.4, -0.2) is 47.2 Å². The maximum atomic E-state index is 12.0. The number of aromatic nitrogens is 2. The standard InChI is InChI=1S/C14H22N4O2/c1-10-8-11(2)17-14(16-10)18-6-3-4-12(9-18)13(20)15-5-7-19/h8,12,19H,3-7,9H2,1-2H3,(H,15,20). The SMILES string of the molecule is Cc1cc(C)nc(N2CCCC(C(=O)NCCO)C2)n1. The lowest BCUT2D eigenvalue weighted by Gasteiger charge is -2.32. The molecule has 0 bridgehead atoms. The minimum Gasteiger partial charge on any atom is -0.395 e. The van der Waals surface area contributed by atoms with Crippen LogP contribution in [0, 0.1) is 19.8 Å². The van der Waals surface area contributed by atoms with Gasteiger partial charge in [0.1, 0.15) is 0 Å². The second-order valence-electron chi connectivity index (χ2n) is 5.25. The van der Waals surface area contributed by atoms with Crippen molar-refractivity contribution >= 4 is 11.9 Å². The van der Waals surface area contributed by atoms with Gasteiger partial charge in [-0.05, 0) is 32.8 Å². The molecule has 2 rings (SSSR count). The summed E-state index contributed by atoms with van der Waals surface area (Å²) in [4.78, 5) is 23.0. The molecule has 0 aromatic carbocycles. The fourth-order valence-electron chi connectivity index (χ4n) is 2.54. The van der Waals surface area contributed by atoms with E-state index in [1.165, 1.54) is 0 Å². The van der Waals surface area contributed by atoms with E-state index in [0.717, 1.165) is 30.8 Å². The first kappa shape index (κ1) is 14.7. The number of aliphatic hydroxyl groups excluding tert-OH is 1. The van der Waals surface area contributed by atoms with Crippen LogP contribution in [0.5, 0.6) is 0 Å². The molecule has 6 heteroatoms. The third-order valence-electron chi connectivity index (χ3n) is 3.46. The molecule has 6 nitrogen and oxygen atoms in total.